The van der Waals surface area contributed by atoms with Gasteiger partial charge in [-0.2, -0.15) is 0 Å². The van der Waals surface area contributed by atoms with Crippen LogP contribution in [0.1, 0.15) is 69.5 Å². The van der Waals surface area contributed by atoms with Crippen LogP contribution >= 0.6 is 0 Å². The summed E-state index contributed by atoms with van der Waals surface area (Å²) < 4.78 is 0. The summed E-state index contributed by atoms with van der Waals surface area (Å²) in [5.41, 5.74) is 4.41. The number of rotatable bonds is 9. The van der Waals surface area contributed by atoms with Gasteiger partial charge in [-0.1, -0.05) is 57.9 Å². The highest BCUT2D eigenvalue weighted by Crippen LogP contribution is 2.14. The number of aryl methyl sites for hydroxylation is 2. The predicted octanol–water partition coefficient (Wildman–Crippen LogP) is 5.62. The van der Waals surface area contributed by atoms with Crippen LogP contribution < -0.4 is 0 Å². The average Bonchev–Trinajstić information content (AvgIpc) is 2.50. The molecule has 0 bridgehead atoms. The normalized spacial score (nSPS) is 11.1. The Morgan fingerprint density at radius 3 is 2.33 bits per heavy atom. The third kappa shape index (κ3) is 5.45. The molecule has 2 rings (SSSR count). The molecule has 0 saturated carbocycles. The molecule has 0 aliphatic carbocycles. The summed E-state index contributed by atoms with van der Waals surface area (Å²) in [5.74, 6) is 0. The van der Waals surface area contributed by atoms with Gasteiger partial charge in [0.25, 0.3) is 0 Å². The summed E-state index contributed by atoms with van der Waals surface area (Å²) in [4.78, 5) is 9.24. The van der Waals surface area contributed by atoms with Crippen LogP contribution in [0.15, 0.2) is 24.4 Å². The Morgan fingerprint density at radius 2 is 1.57 bits per heavy atom. The third-order valence-corrected chi connectivity index (χ3v) is 4.03. The van der Waals surface area contributed by atoms with E-state index < -0.39 is 0 Å². The van der Waals surface area contributed by atoms with E-state index in [2.05, 4.69) is 37.0 Å². The standard InChI is InChI=1S/C19H28N2/c1-3-4-5-6-7-8-9-10-11-17-15-20-19-14-16(2)12-13-18(19)21-17/h12-15H,3-11H2,1-2H3. The average molecular weight is 284 g/mol. The van der Waals surface area contributed by atoms with Gasteiger partial charge >= 0.3 is 0 Å². The molecule has 0 fully saturated rings. The maximum atomic E-state index is 4.71. The van der Waals surface area contributed by atoms with Crippen LogP contribution in [-0.2, 0) is 6.42 Å². The van der Waals surface area contributed by atoms with E-state index in [4.69, 9.17) is 4.98 Å². The molecule has 2 aromatic rings. The van der Waals surface area contributed by atoms with Gasteiger partial charge in [0.05, 0.1) is 16.7 Å². The van der Waals surface area contributed by atoms with Gasteiger partial charge in [-0.05, 0) is 37.5 Å². The predicted molar refractivity (Wildman–Crippen MR) is 90.6 cm³/mol. The molecule has 1 aromatic heterocycles. The minimum absolute atomic E-state index is 1.01. The number of unbranched alkanes of at least 4 members (excludes halogenated alkanes) is 7. The lowest BCUT2D eigenvalue weighted by Gasteiger charge is -2.04. The van der Waals surface area contributed by atoms with E-state index in [1.165, 1.54) is 56.9 Å². The van der Waals surface area contributed by atoms with E-state index in [0.717, 1.165) is 23.1 Å². The monoisotopic (exact) mass is 284 g/mol. The van der Waals surface area contributed by atoms with Crippen molar-refractivity contribution in [3.05, 3.63) is 35.7 Å². The van der Waals surface area contributed by atoms with Crippen molar-refractivity contribution in [2.75, 3.05) is 0 Å². The minimum Gasteiger partial charge on any atom is -0.253 e. The van der Waals surface area contributed by atoms with Gasteiger partial charge in [-0.15, -0.1) is 0 Å². The third-order valence-electron chi connectivity index (χ3n) is 4.03. The Bertz CT molecular complexity index is 548. The van der Waals surface area contributed by atoms with E-state index in [1.807, 2.05) is 6.20 Å². The molecule has 0 atom stereocenters. The summed E-state index contributed by atoms with van der Waals surface area (Å²) in [6, 6.07) is 6.29. The van der Waals surface area contributed by atoms with Crippen LogP contribution in [0.25, 0.3) is 11.0 Å². The van der Waals surface area contributed by atoms with E-state index >= 15 is 0 Å². The van der Waals surface area contributed by atoms with E-state index in [0.29, 0.717) is 0 Å². The Labute approximate surface area is 129 Å². The maximum Gasteiger partial charge on any atom is 0.0890 e. The summed E-state index contributed by atoms with van der Waals surface area (Å²) >= 11 is 0. The first-order valence-electron chi connectivity index (χ1n) is 8.52. The fraction of sp³-hybridized carbons (Fsp3) is 0.579. The molecule has 2 heteroatoms. The largest absolute Gasteiger partial charge is 0.253 e. The van der Waals surface area contributed by atoms with Crippen molar-refractivity contribution >= 4 is 11.0 Å². The summed E-state index contributed by atoms with van der Waals surface area (Å²) in [7, 11) is 0. The summed E-state index contributed by atoms with van der Waals surface area (Å²) in [6.07, 6.45) is 13.9. The molecule has 2 nitrogen and oxygen atoms in total. The van der Waals surface area contributed by atoms with Gasteiger partial charge in [0, 0.05) is 6.20 Å². The Hall–Kier alpha value is -1.44. The van der Waals surface area contributed by atoms with Gasteiger partial charge < -0.3 is 0 Å². The second-order valence-electron chi connectivity index (χ2n) is 6.08. The molecule has 0 spiro atoms. The fourth-order valence-electron chi connectivity index (χ4n) is 2.72. The molecule has 1 heterocycles. The molecular weight excluding hydrogens is 256 g/mol. The van der Waals surface area contributed by atoms with E-state index in [9.17, 15) is 0 Å². The first-order valence-corrected chi connectivity index (χ1v) is 8.52. The molecule has 0 radical (unpaired) electrons. The van der Waals surface area contributed by atoms with Gasteiger partial charge in [-0.3, -0.25) is 4.98 Å². The molecule has 114 valence electrons. The van der Waals surface area contributed by atoms with Crippen molar-refractivity contribution in [2.24, 2.45) is 0 Å². The van der Waals surface area contributed by atoms with Crippen LogP contribution in [0, 0.1) is 6.92 Å². The molecule has 21 heavy (non-hydrogen) atoms. The Kier molecular flexibility index (Phi) is 6.65. The number of nitrogens with zero attached hydrogens (tertiary/aromatic N) is 2. The summed E-state index contributed by atoms with van der Waals surface area (Å²) in [6.45, 7) is 4.36. The van der Waals surface area contributed by atoms with E-state index in [-0.39, 0.29) is 0 Å². The zero-order chi connectivity index (χ0) is 14.9. The highest BCUT2D eigenvalue weighted by Gasteiger charge is 2.00. The smallest absolute Gasteiger partial charge is 0.0890 e. The van der Waals surface area contributed by atoms with Gasteiger partial charge in [0.2, 0.25) is 0 Å². The zero-order valence-corrected chi connectivity index (χ0v) is 13.6. The van der Waals surface area contributed by atoms with Gasteiger partial charge in [0.1, 0.15) is 0 Å². The van der Waals surface area contributed by atoms with Crippen molar-refractivity contribution in [3.63, 3.8) is 0 Å². The van der Waals surface area contributed by atoms with Gasteiger partial charge in [-0.25, -0.2) is 4.98 Å². The van der Waals surface area contributed by atoms with Gasteiger partial charge in [0.15, 0.2) is 0 Å². The zero-order valence-electron chi connectivity index (χ0n) is 13.6. The number of hydrogen-bond acceptors (Lipinski definition) is 2. The first kappa shape index (κ1) is 15.9. The number of benzene rings is 1. The van der Waals surface area contributed by atoms with Crippen LogP contribution in [0.4, 0.5) is 0 Å². The maximum absolute atomic E-state index is 4.71. The Morgan fingerprint density at radius 1 is 0.857 bits per heavy atom. The molecule has 1 aromatic carbocycles. The lowest BCUT2D eigenvalue weighted by molar-refractivity contribution is 0.574. The Balaban J connectivity index is 1.70. The topological polar surface area (TPSA) is 25.8 Å². The number of fused-ring (bicyclic) bond motifs is 1. The van der Waals surface area contributed by atoms with Crippen molar-refractivity contribution in [2.45, 2.75) is 71.6 Å². The fourth-order valence-corrected chi connectivity index (χ4v) is 2.72. The summed E-state index contributed by atoms with van der Waals surface area (Å²) in [5, 5.41) is 0. The molecule has 0 aliphatic rings. The quantitative estimate of drug-likeness (QED) is 0.558. The molecule has 0 unspecified atom stereocenters. The van der Waals surface area contributed by atoms with Crippen LogP contribution in [0.5, 0.6) is 0 Å². The molecule has 0 N–H and O–H groups in total. The minimum atomic E-state index is 1.01. The second kappa shape index (κ2) is 8.76. The number of hydrogen-bond donors (Lipinski definition) is 0. The molecule has 0 saturated heterocycles. The van der Waals surface area contributed by atoms with Crippen molar-refractivity contribution < 1.29 is 0 Å². The van der Waals surface area contributed by atoms with Crippen LogP contribution in [0.3, 0.4) is 0 Å². The number of aromatic nitrogens is 2. The van der Waals surface area contributed by atoms with Crippen molar-refractivity contribution in [3.8, 4) is 0 Å². The molecule has 0 amide bonds. The molecular formula is C19H28N2. The van der Waals surface area contributed by atoms with Crippen LogP contribution in [-0.4, -0.2) is 9.97 Å². The first-order chi connectivity index (χ1) is 10.3. The highest BCUT2D eigenvalue weighted by atomic mass is 14.8. The lowest BCUT2D eigenvalue weighted by Crippen LogP contribution is -1.94. The van der Waals surface area contributed by atoms with Crippen LogP contribution in [0.2, 0.25) is 0 Å². The van der Waals surface area contributed by atoms with E-state index in [1.54, 1.807) is 0 Å². The lowest BCUT2D eigenvalue weighted by atomic mass is 10.1. The van der Waals surface area contributed by atoms with Crippen molar-refractivity contribution in [1.29, 1.82) is 0 Å². The second-order valence-corrected chi connectivity index (χ2v) is 6.08. The molecule has 0 aliphatic heterocycles. The SMILES string of the molecule is CCCCCCCCCCc1cnc2cc(C)ccc2n1. The highest BCUT2D eigenvalue weighted by molar-refractivity contribution is 5.74. The van der Waals surface area contributed by atoms with Crippen molar-refractivity contribution in [1.82, 2.24) is 9.97 Å².